The topological polar surface area (TPSA) is 67.6 Å². The van der Waals surface area contributed by atoms with Crippen LogP contribution in [0, 0.1) is 6.92 Å². The van der Waals surface area contributed by atoms with E-state index < -0.39 is 0 Å². The van der Waals surface area contributed by atoms with Crippen molar-refractivity contribution < 1.29 is 0 Å². The van der Waals surface area contributed by atoms with Crippen LogP contribution in [-0.4, -0.2) is 26.4 Å². The van der Waals surface area contributed by atoms with Crippen LogP contribution in [0.15, 0.2) is 47.3 Å². The summed E-state index contributed by atoms with van der Waals surface area (Å²) in [6.45, 7) is 2.07. The Bertz CT molecular complexity index is 1180. The van der Waals surface area contributed by atoms with Crippen molar-refractivity contribution in [1.29, 1.82) is 0 Å². The predicted octanol–water partition coefficient (Wildman–Crippen LogP) is 3.28. The van der Waals surface area contributed by atoms with Gasteiger partial charge in [0.1, 0.15) is 0 Å². The zero-order chi connectivity index (χ0) is 18.4. The maximum absolute atomic E-state index is 12.2. The fraction of sp³-hybridized carbons (Fsp3) is 0.200. The number of anilines is 1. The third-order valence-electron chi connectivity index (χ3n) is 4.87. The Hall–Kier alpha value is -3.28. The molecule has 26 heavy (non-hydrogen) atoms. The number of hydrogen-bond donors (Lipinski definition) is 2. The summed E-state index contributed by atoms with van der Waals surface area (Å²) < 4.78 is 3.33. The number of hydrogen-bond acceptors (Lipinski definition) is 3. The lowest BCUT2D eigenvalue weighted by molar-refractivity contribution is 0.795. The molecular weight excluding hydrogens is 326 g/mol. The number of rotatable bonds is 3. The number of nitrogens with one attached hydrogen (secondary N) is 2. The monoisotopic (exact) mass is 347 g/mol. The lowest BCUT2D eigenvalue weighted by atomic mass is 9.99. The minimum atomic E-state index is -0.0305. The fourth-order valence-corrected chi connectivity index (χ4v) is 3.48. The third kappa shape index (κ3) is 2.34. The molecule has 0 radical (unpaired) electrons. The molecule has 0 aliphatic heterocycles. The molecule has 0 amide bonds. The van der Waals surface area contributed by atoms with E-state index in [0.29, 0.717) is 0 Å². The second kappa shape index (κ2) is 5.91. The molecule has 2 heterocycles. The summed E-state index contributed by atoms with van der Waals surface area (Å²) in [6.07, 6.45) is 0. The van der Waals surface area contributed by atoms with Gasteiger partial charge >= 0.3 is 5.69 Å². The average Bonchev–Trinajstić information content (AvgIpc) is 3.17. The van der Waals surface area contributed by atoms with Gasteiger partial charge < -0.3 is 5.32 Å². The van der Waals surface area contributed by atoms with Gasteiger partial charge in [0.25, 0.3) is 0 Å². The van der Waals surface area contributed by atoms with Gasteiger partial charge in [-0.05, 0) is 30.7 Å². The van der Waals surface area contributed by atoms with E-state index in [9.17, 15) is 4.79 Å². The van der Waals surface area contributed by atoms with E-state index in [1.165, 1.54) is 5.56 Å². The lowest BCUT2D eigenvalue weighted by Gasteiger charge is -2.08. The summed E-state index contributed by atoms with van der Waals surface area (Å²) in [4.78, 5) is 12.2. The van der Waals surface area contributed by atoms with Crippen molar-refractivity contribution >= 4 is 16.9 Å². The Morgan fingerprint density at radius 3 is 2.50 bits per heavy atom. The standard InChI is InChI=1S/C20H21N5O/c1-12-6-5-7-14(10-12)18-17(19(21-2)23-22-18)13-8-9-15-16(11-13)25(4)20(26)24(15)3/h5-11H,1-4H3,(H2,21,22,23). The van der Waals surface area contributed by atoms with Crippen molar-refractivity contribution in [1.82, 2.24) is 19.3 Å². The summed E-state index contributed by atoms with van der Waals surface area (Å²) in [5.41, 5.74) is 7.01. The second-order valence-electron chi connectivity index (χ2n) is 6.55. The first-order valence-electron chi connectivity index (χ1n) is 8.50. The first-order valence-corrected chi connectivity index (χ1v) is 8.50. The smallest absolute Gasteiger partial charge is 0.328 e. The highest BCUT2D eigenvalue weighted by molar-refractivity contribution is 5.92. The number of aryl methyl sites for hydroxylation is 3. The molecule has 2 aromatic carbocycles. The number of aromatic amines is 1. The van der Waals surface area contributed by atoms with Gasteiger partial charge in [0.05, 0.1) is 22.3 Å². The molecule has 6 heteroatoms. The quantitative estimate of drug-likeness (QED) is 0.598. The van der Waals surface area contributed by atoms with Gasteiger partial charge in [-0.25, -0.2) is 4.79 Å². The molecule has 2 N–H and O–H groups in total. The van der Waals surface area contributed by atoms with Gasteiger partial charge in [-0.3, -0.25) is 14.2 Å². The third-order valence-corrected chi connectivity index (χ3v) is 4.87. The fourth-order valence-electron chi connectivity index (χ4n) is 3.48. The van der Waals surface area contributed by atoms with Gasteiger partial charge in [0, 0.05) is 26.7 Å². The maximum Gasteiger partial charge on any atom is 0.328 e. The second-order valence-corrected chi connectivity index (χ2v) is 6.55. The molecule has 6 nitrogen and oxygen atoms in total. The summed E-state index contributed by atoms with van der Waals surface area (Å²) in [5, 5.41) is 10.8. The molecule has 0 unspecified atom stereocenters. The van der Waals surface area contributed by atoms with Crippen molar-refractivity contribution in [3.8, 4) is 22.4 Å². The van der Waals surface area contributed by atoms with Crippen LogP contribution in [-0.2, 0) is 14.1 Å². The van der Waals surface area contributed by atoms with E-state index >= 15 is 0 Å². The van der Waals surface area contributed by atoms with E-state index in [0.717, 1.165) is 39.2 Å². The normalized spacial score (nSPS) is 11.2. The van der Waals surface area contributed by atoms with Crippen molar-refractivity contribution in [2.45, 2.75) is 6.92 Å². The van der Waals surface area contributed by atoms with Crippen LogP contribution in [0.5, 0.6) is 0 Å². The highest BCUT2D eigenvalue weighted by Crippen LogP contribution is 2.37. The van der Waals surface area contributed by atoms with E-state index in [1.54, 1.807) is 23.2 Å². The molecule has 0 atom stereocenters. The molecule has 0 saturated heterocycles. The first kappa shape index (κ1) is 16.2. The first-order chi connectivity index (χ1) is 12.5. The minimum absolute atomic E-state index is 0.0305. The number of H-pyrrole nitrogens is 1. The van der Waals surface area contributed by atoms with E-state index in [4.69, 9.17) is 0 Å². The number of nitrogens with zero attached hydrogens (tertiary/aromatic N) is 3. The molecule has 0 saturated carbocycles. The molecule has 0 aliphatic carbocycles. The Morgan fingerprint density at radius 2 is 1.77 bits per heavy atom. The van der Waals surface area contributed by atoms with Crippen molar-refractivity contribution in [3.05, 3.63) is 58.5 Å². The van der Waals surface area contributed by atoms with Crippen LogP contribution in [0.4, 0.5) is 5.82 Å². The van der Waals surface area contributed by atoms with Gasteiger partial charge in [0.2, 0.25) is 0 Å². The molecule has 0 aliphatic rings. The van der Waals surface area contributed by atoms with Gasteiger partial charge in [-0.15, -0.1) is 0 Å². The molecule has 2 aromatic heterocycles. The van der Waals surface area contributed by atoms with Crippen molar-refractivity contribution in [3.63, 3.8) is 0 Å². The zero-order valence-corrected chi connectivity index (χ0v) is 15.3. The number of aromatic nitrogens is 4. The van der Waals surface area contributed by atoms with Gasteiger partial charge in [-0.2, -0.15) is 5.10 Å². The molecule has 132 valence electrons. The van der Waals surface area contributed by atoms with Crippen LogP contribution in [0.1, 0.15) is 5.56 Å². The van der Waals surface area contributed by atoms with Crippen molar-refractivity contribution in [2.24, 2.45) is 14.1 Å². The predicted molar refractivity (Wildman–Crippen MR) is 105 cm³/mol. The molecular formula is C20H21N5O. The SMILES string of the molecule is CNc1n[nH]c(-c2cccc(C)c2)c1-c1ccc2c(c1)n(C)c(=O)n2C. The Labute approximate surface area is 151 Å². The molecule has 0 fully saturated rings. The number of benzene rings is 2. The lowest BCUT2D eigenvalue weighted by Crippen LogP contribution is -2.19. The molecule has 4 rings (SSSR count). The molecule has 4 aromatic rings. The zero-order valence-electron chi connectivity index (χ0n) is 15.3. The molecule has 0 spiro atoms. The number of imidazole rings is 1. The minimum Gasteiger partial charge on any atom is -0.371 e. The van der Waals surface area contributed by atoms with Crippen molar-refractivity contribution in [2.75, 3.05) is 12.4 Å². The van der Waals surface area contributed by atoms with Crippen LogP contribution in [0.3, 0.4) is 0 Å². The molecule has 0 bridgehead atoms. The Balaban J connectivity index is 1.98. The van der Waals surface area contributed by atoms with Gasteiger partial charge in [0.15, 0.2) is 5.82 Å². The maximum atomic E-state index is 12.2. The van der Waals surface area contributed by atoms with Crippen LogP contribution in [0.2, 0.25) is 0 Å². The average molecular weight is 347 g/mol. The summed E-state index contributed by atoms with van der Waals surface area (Å²) >= 11 is 0. The Morgan fingerprint density at radius 1 is 1.00 bits per heavy atom. The highest BCUT2D eigenvalue weighted by Gasteiger charge is 2.18. The summed E-state index contributed by atoms with van der Waals surface area (Å²) in [6, 6.07) is 14.4. The van der Waals surface area contributed by atoms with E-state index in [2.05, 4.69) is 40.6 Å². The summed E-state index contributed by atoms with van der Waals surface area (Å²) in [5.74, 6) is 0.779. The van der Waals surface area contributed by atoms with Crippen LogP contribution in [0.25, 0.3) is 33.4 Å². The Kier molecular flexibility index (Phi) is 3.68. The van der Waals surface area contributed by atoms with Gasteiger partial charge in [-0.1, -0.05) is 29.8 Å². The largest absolute Gasteiger partial charge is 0.371 e. The highest BCUT2D eigenvalue weighted by atomic mass is 16.1. The van der Waals surface area contributed by atoms with E-state index in [1.807, 2.05) is 31.3 Å². The van der Waals surface area contributed by atoms with Crippen LogP contribution >= 0.6 is 0 Å². The van der Waals surface area contributed by atoms with E-state index in [-0.39, 0.29) is 5.69 Å². The number of fused-ring (bicyclic) bond motifs is 1. The summed E-state index contributed by atoms with van der Waals surface area (Å²) in [7, 11) is 5.44. The van der Waals surface area contributed by atoms with Crippen LogP contribution < -0.4 is 11.0 Å².